The molecule has 4 rings (SSSR count). The van der Waals surface area contributed by atoms with Crippen LogP contribution in [0.15, 0.2) is 53.3 Å². The number of aldehydes is 1. The minimum Gasteiger partial charge on any atom is -0.478 e. The van der Waals surface area contributed by atoms with Gasteiger partial charge >= 0.3 is 11.7 Å². The van der Waals surface area contributed by atoms with Crippen LogP contribution in [-0.2, 0) is 13.0 Å². The lowest BCUT2D eigenvalue weighted by molar-refractivity contribution is 0.0697. The first-order chi connectivity index (χ1) is 16.0. The van der Waals surface area contributed by atoms with Gasteiger partial charge in [-0.25, -0.2) is 9.59 Å². The molecular weight excluding hydrogens is 416 g/mol. The van der Waals surface area contributed by atoms with Crippen LogP contribution in [0.5, 0.6) is 0 Å². The van der Waals surface area contributed by atoms with E-state index in [-0.39, 0.29) is 17.3 Å². The molecule has 0 spiro atoms. The second-order valence-corrected chi connectivity index (χ2v) is 8.78. The average molecular weight is 447 g/mol. The first-order valence-electron chi connectivity index (χ1n) is 11.8. The number of rotatable bonds is 8. The fourth-order valence-corrected chi connectivity index (χ4v) is 5.00. The van der Waals surface area contributed by atoms with Crippen molar-refractivity contribution in [2.24, 2.45) is 0 Å². The highest BCUT2D eigenvalue weighted by Crippen LogP contribution is 2.29. The molecule has 0 amide bonds. The lowest BCUT2D eigenvalue weighted by Gasteiger charge is -2.23. The van der Waals surface area contributed by atoms with Crippen molar-refractivity contribution in [1.29, 1.82) is 0 Å². The van der Waals surface area contributed by atoms with E-state index in [0.29, 0.717) is 24.2 Å². The molecular formula is C27H30N2O4. The Morgan fingerprint density at radius 3 is 2.39 bits per heavy atom. The van der Waals surface area contributed by atoms with Gasteiger partial charge in [0.05, 0.1) is 17.8 Å². The van der Waals surface area contributed by atoms with Gasteiger partial charge in [-0.3, -0.25) is 13.9 Å². The smallest absolute Gasteiger partial charge is 0.336 e. The van der Waals surface area contributed by atoms with Crippen molar-refractivity contribution >= 4 is 12.3 Å². The lowest BCUT2D eigenvalue weighted by Crippen LogP contribution is -2.30. The molecule has 1 heterocycles. The summed E-state index contributed by atoms with van der Waals surface area (Å²) in [5, 5.41) is 9.48. The Morgan fingerprint density at radius 2 is 1.76 bits per heavy atom. The molecule has 0 unspecified atom stereocenters. The highest BCUT2D eigenvalue weighted by atomic mass is 16.4. The topological polar surface area (TPSA) is 81.3 Å². The van der Waals surface area contributed by atoms with E-state index in [1.165, 1.54) is 6.42 Å². The van der Waals surface area contributed by atoms with Crippen molar-refractivity contribution in [2.45, 2.75) is 64.5 Å². The van der Waals surface area contributed by atoms with Gasteiger partial charge in [-0.05, 0) is 42.0 Å². The van der Waals surface area contributed by atoms with E-state index in [1.807, 2.05) is 30.3 Å². The molecule has 3 aromatic rings. The summed E-state index contributed by atoms with van der Waals surface area (Å²) < 4.78 is 3.50. The van der Waals surface area contributed by atoms with Crippen LogP contribution in [0.1, 0.15) is 83.6 Å². The van der Waals surface area contributed by atoms with E-state index in [4.69, 9.17) is 0 Å². The van der Waals surface area contributed by atoms with E-state index in [2.05, 4.69) is 6.92 Å². The summed E-state index contributed by atoms with van der Waals surface area (Å²) in [7, 11) is 0. The summed E-state index contributed by atoms with van der Waals surface area (Å²) in [4.78, 5) is 37.1. The molecule has 1 saturated carbocycles. The van der Waals surface area contributed by atoms with E-state index in [1.54, 1.807) is 27.3 Å². The van der Waals surface area contributed by atoms with Gasteiger partial charge in [0.1, 0.15) is 5.69 Å². The fourth-order valence-electron chi connectivity index (χ4n) is 5.00. The monoisotopic (exact) mass is 446 g/mol. The second kappa shape index (κ2) is 10.0. The molecule has 0 radical (unpaired) electrons. The number of carboxylic acids is 1. The molecule has 1 fully saturated rings. The van der Waals surface area contributed by atoms with Gasteiger partial charge in [0.15, 0.2) is 6.29 Å². The maximum atomic E-state index is 13.5. The molecule has 2 aromatic carbocycles. The average Bonchev–Trinajstić information content (AvgIpc) is 3.10. The third-order valence-corrected chi connectivity index (χ3v) is 6.62. The van der Waals surface area contributed by atoms with Crippen molar-refractivity contribution in [1.82, 2.24) is 9.13 Å². The summed E-state index contributed by atoms with van der Waals surface area (Å²) in [6.45, 7) is 2.44. The van der Waals surface area contributed by atoms with Crippen molar-refractivity contribution in [2.75, 3.05) is 0 Å². The summed E-state index contributed by atoms with van der Waals surface area (Å²) in [6, 6.07) is 14.6. The molecule has 6 nitrogen and oxygen atoms in total. The number of benzene rings is 2. The molecule has 0 aliphatic heterocycles. The standard InChI is InChI=1S/C27H30N2O4/c1-2-8-24-25(18-30)29(21-9-4-3-5-10-21)27(33)28(24)17-19-13-15-20(16-14-19)22-11-6-7-12-23(22)26(31)32/h6-7,11-16,18,21H,2-5,8-10,17H2,1H3,(H,31,32). The zero-order valence-electron chi connectivity index (χ0n) is 19.0. The second-order valence-electron chi connectivity index (χ2n) is 8.78. The Morgan fingerprint density at radius 1 is 1.06 bits per heavy atom. The molecule has 1 N–H and O–H groups in total. The number of aromatic carboxylic acids is 1. The molecule has 6 heteroatoms. The molecule has 33 heavy (non-hydrogen) atoms. The normalized spacial score (nSPS) is 14.3. The largest absolute Gasteiger partial charge is 0.478 e. The van der Waals surface area contributed by atoms with Crippen molar-refractivity contribution in [3.05, 3.63) is 81.5 Å². The van der Waals surface area contributed by atoms with E-state index >= 15 is 0 Å². The Bertz CT molecular complexity index is 1200. The van der Waals surface area contributed by atoms with Gasteiger partial charge in [-0.1, -0.05) is 75.1 Å². The van der Waals surface area contributed by atoms with Crippen LogP contribution in [-0.4, -0.2) is 26.5 Å². The zero-order chi connectivity index (χ0) is 23.4. The summed E-state index contributed by atoms with van der Waals surface area (Å²) in [6.07, 6.45) is 7.60. The van der Waals surface area contributed by atoms with Crippen molar-refractivity contribution in [3.8, 4) is 11.1 Å². The number of imidazole rings is 1. The molecule has 1 aromatic heterocycles. The number of hydrogen-bond acceptors (Lipinski definition) is 3. The Hall–Kier alpha value is -3.41. The van der Waals surface area contributed by atoms with Crippen molar-refractivity contribution < 1.29 is 14.7 Å². The molecule has 172 valence electrons. The van der Waals surface area contributed by atoms with Crippen LogP contribution in [0.3, 0.4) is 0 Å². The van der Waals surface area contributed by atoms with Gasteiger partial charge < -0.3 is 5.11 Å². The lowest BCUT2D eigenvalue weighted by atomic mass is 9.95. The van der Waals surface area contributed by atoms with Gasteiger partial charge in [-0.15, -0.1) is 0 Å². The molecule has 1 aliphatic carbocycles. The highest BCUT2D eigenvalue weighted by molar-refractivity contribution is 5.96. The Labute approximate surface area is 193 Å². The van der Waals surface area contributed by atoms with Gasteiger partial charge in [0.25, 0.3) is 0 Å². The third kappa shape index (κ3) is 4.56. The first-order valence-corrected chi connectivity index (χ1v) is 11.8. The van der Waals surface area contributed by atoms with Crippen LogP contribution in [0.25, 0.3) is 11.1 Å². The predicted molar refractivity (Wildman–Crippen MR) is 128 cm³/mol. The summed E-state index contributed by atoms with van der Waals surface area (Å²) >= 11 is 0. The molecule has 0 saturated heterocycles. The highest BCUT2D eigenvalue weighted by Gasteiger charge is 2.25. The number of carboxylic acid groups (broad SMARTS) is 1. The molecule has 1 aliphatic rings. The van der Waals surface area contributed by atoms with E-state index < -0.39 is 5.97 Å². The SMILES string of the molecule is CCCc1c(C=O)n(C2CCCCC2)c(=O)n1Cc1ccc(-c2ccccc2C(=O)O)cc1. The van der Waals surface area contributed by atoms with Crippen LogP contribution in [0.2, 0.25) is 0 Å². The molecule has 0 bridgehead atoms. The Kier molecular flexibility index (Phi) is 6.92. The van der Waals surface area contributed by atoms with Gasteiger partial charge in [0, 0.05) is 6.04 Å². The van der Waals surface area contributed by atoms with Crippen LogP contribution < -0.4 is 5.69 Å². The van der Waals surface area contributed by atoms with Crippen molar-refractivity contribution in [3.63, 3.8) is 0 Å². The van der Waals surface area contributed by atoms with Gasteiger partial charge in [-0.2, -0.15) is 0 Å². The minimum absolute atomic E-state index is 0.0956. The van der Waals surface area contributed by atoms with Crippen LogP contribution >= 0.6 is 0 Å². The number of nitrogens with zero attached hydrogens (tertiary/aromatic N) is 2. The zero-order valence-corrected chi connectivity index (χ0v) is 19.0. The van der Waals surface area contributed by atoms with Crippen LogP contribution in [0.4, 0.5) is 0 Å². The number of carbonyl (C=O) groups is 2. The van der Waals surface area contributed by atoms with Gasteiger partial charge in [0.2, 0.25) is 0 Å². The summed E-state index contributed by atoms with van der Waals surface area (Å²) in [5.41, 5.74) is 3.89. The number of hydrogen-bond donors (Lipinski definition) is 1. The Balaban J connectivity index is 1.69. The quantitative estimate of drug-likeness (QED) is 0.474. The molecule has 0 atom stereocenters. The third-order valence-electron chi connectivity index (χ3n) is 6.62. The number of aromatic nitrogens is 2. The maximum absolute atomic E-state index is 13.5. The van der Waals surface area contributed by atoms with E-state index in [9.17, 15) is 19.5 Å². The minimum atomic E-state index is -0.962. The van der Waals surface area contributed by atoms with Crippen LogP contribution in [0, 0.1) is 0 Å². The predicted octanol–water partition coefficient (Wildman–Crippen LogP) is 5.33. The first kappa shape index (κ1) is 22.8. The fraction of sp³-hybridized carbons (Fsp3) is 0.370. The number of carbonyl (C=O) groups excluding carboxylic acids is 1. The summed E-state index contributed by atoms with van der Waals surface area (Å²) in [5.74, 6) is -0.962. The maximum Gasteiger partial charge on any atom is 0.336 e. The van der Waals surface area contributed by atoms with E-state index in [0.717, 1.165) is 55.2 Å².